The van der Waals surface area contributed by atoms with Crippen molar-refractivity contribution in [2.75, 3.05) is 24.6 Å². The third-order valence-electron chi connectivity index (χ3n) is 2.78. The summed E-state index contributed by atoms with van der Waals surface area (Å²) >= 11 is 0. The summed E-state index contributed by atoms with van der Waals surface area (Å²) in [5.74, 6) is 1.52. The zero-order chi connectivity index (χ0) is 11.6. The summed E-state index contributed by atoms with van der Waals surface area (Å²) in [5.41, 5.74) is -0.594. The molecule has 1 N–H and O–H groups in total. The van der Waals surface area contributed by atoms with Crippen molar-refractivity contribution in [3.63, 3.8) is 0 Å². The lowest BCUT2D eigenvalue weighted by molar-refractivity contribution is 0.0839. The van der Waals surface area contributed by atoms with Crippen molar-refractivity contribution in [1.82, 2.24) is 4.98 Å². The average Bonchev–Trinajstić information content (AvgIpc) is 2.60. The molecule has 0 aliphatic carbocycles. The molecule has 2 rings (SSSR count). The van der Waals surface area contributed by atoms with Crippen molar-refractivity contribution in [3.8, 4) is 5.88 Å². The van der Waals surface area contributed by atoms with E-state index in [0.717, 1.165) is 18.8 Å². The Labute approximate surface area is 95.9 Å². The van der Waals surface area contributed by atoms with E-state index in [1.165, 1.54) is 0 Å². The number of ether oxygens (including phenoxy) is 1. The molecule has 0 aromatic carbocycles. The van der Waals surface area contributed by atoms with Crippen LogP contribution >= 0.6 is 0 Å². The number of rotatable bonds is 3. The molecule has 1 fully saturated rings. The van der Waals surface area contributed by atoms with E-state index in [9.17, 15) is 5.11 Å². The first-order valence-electron chi connectivity index (χ1n) is 5.68. The molecule has 1 saturated heterocycles. The zero-order valence-corrected chi connectivity index (χ0v) is 9.81. The number of β-amino-alcohol motifs (C(OH)–C–C–N with tert-alkyl or cyclic N) is 1. The molecule has 4 nitrogen and oxygen atoms in total. The molecule has 0 radical (unpaired) electrons. The van der Waals surface area contributed by atoms with Gasteiger partial charge in [-0.05, 0) is 26.3 Å². The van der Waals surface area contributed by atoms with Crippen LogP contribution in [0.25, 0.3) is 0 Å². The van der Waals surface area contributed by atoms with E-state index in [-0.39, 0.29) is 0 Å². The Balaban J connectivity index is 2.12. The lowest BCUT2D eigenvalue weighted by atomic mass is 10.1. The lowest BCUT2D eigenvalue weighted by Crippen LogP contribution is -2.29. The predicted molar refractivity (Wildman–Crippen MR) is 62.9 cm³/mol. The van der Waals surface area contributed by atoms with E-state index in [1.54, 1.807) is 0 Å². The number of pyridine rings is 1. The Morgan fingerprint density at radius 2 is 2.38 bits per heavy atom. The molecule has 1 aromatic heterocycles. The molecule has 0 spiro atoms. The summed E-state index contributed by atoms with van der Waals surface area (Å²) in [4.78, 5) is 6.49. The maximum absolute atomic E-state index is 9.90. The second kappa shape index (κ2) is 4.29. The Hall–Kier alpha value is -1.29. The van der Waals surface area contributed by atoms with Gasteiger partial charge in [0, 0.05) is 19.2 Å². The Bertz CT molecular complexity index is 366. The first-order valence-corrected chi connectivity index (χ1v) is 5.68. The second-order valence-electron chi connectivity index (χ2n) is 4.44. The summed E-state index contributed by atoms with van der Waals surface area (Å²) in [7, 11) is 0. The standard InChI is InChI=1S/C12H18N2O2/c1-3-16-11-6-4-5-10(13-11)14-8-7-12(2,15)9-14/h4-6,15H,3,7-9H2,1-2H3. The maximum atomic E-state index is 9.90. The molecule has 2 heterocycles. The molecule has 4 heteroatoms. The molecule has 1 aromatic rings. The van der Waals surface area contributed by atoms with Gasteiger partial charge in [0.25, 0.3) is 0 Å². The van der Waals surface area contributed by atoms with Gasteiger partial charge in [0.2, 0.25) is 5.88 Å². The fraction of sp³-hybridized carbons (Fsp3) is 0.583. The maximum Gasteiger partial charge on any atom is 0.215 e. The number of hydrogen-bond donors (Lipinski definition) is 1. The summed E-state index contributed by atoms with van der Waals surface area (Å²) in [6.07, 6.45) is 0.785. The highest BCUT2D eigenvalue weighted by Gasteiger charge is 2.31. The molecule has 0 amide bonds. The van der Waals surface area contributed by atoms with Crippen molar-refractivity contribution < 1.29 is 9.84 Å². The quantitative estimate of drug-likeness (QED) is 0.840. The minimum Gasteiger partial charge on any atom is -0.478 e. The van der Waals surface area contributed by atoms with Gasteiger partial charge >= 0.3 is 0 Å². The average molecular weight is 222 g/mol. The van der Waals surface area contributed by atoms with Crippen molar-refractivity contribution in [3.05, 3.63) is 18.2 Å². The van der Waals surface area contributed by atoms with Gasteiger partial charge in [-0.2, -0.15) is 4.98 Å². The summed E-state index contributed by atoms with van der Waals surface area (Å²) in [6.45, 7) is 5.90. The van der Waals surface area contributed by atoms with Crippen LogP contribution in [0.4, 0.5) is 5.82 Å². The second-order valence-corrected chi connectivity index (χ2v) is 4.44. The third-order valence-corrected chi connectivity index (χ3v) is 2.78. The van der Waals surface area contributed by atoms with Crippen molar-refractivity contribution in [1.29, 1.82) is 0 Å². The highest BCUT2D eigenvalue weighted by Crippen LogP contribution is 2.26. The van der Waals surface area contributed by atoms with Crippen LogP contribution < -0.4 is 9.64 Å². The normalized spacial score (nSPS) is 24.8. The largest absolute Gasteiger partial charge is 0.478 e. The number of aliphatic hydroxyl groups is 1. The van der Waals surface area contributed by atoms with Crippen LogP contribution in [0.1, 0.15) is 20.3 Å². The molecule has 1 atom stereocenters. The lowest BCUT2D eigenvalue weighted by Gasteiger charge is -2.20. The van der Waals surface area contributed by atoms with Gasteiger partial charge in [-0.3, -0.25) is 0 Å². The summed E-state index contributed by atoms with van der Waals surface area (Å²) in [5, 5.41) is 9.90. The van der Waals surface area contributed by atoms with Gasteiger partial charge in [0.15, 0.2) is 0 Å². The molecule has 1 unspecified atom stereocenters. The molecule has 0 bridgehead atoms. The van der Waals surface area contributed by atoms with Crippen LogP contribution in [0.2, 0.25) is 0 Å². The van der Waals surface area contributed by atoms with Crippen LogP contribution in [-0.2, 0) is 0 Å². The van der Waals surface area contributed by atoms with Gasteiger partial charge in [-0.15, -0.1) is 0 Å². The molecule has 16 heavy (non-hydrogen) atoms. The van der Waals surface area contributed by atoms with Crippen molar-refractivity contribution >= 4 is 5.82 Å². The van der Waals surface area contributed by atoms with Gasteiger partial charge in [-0.1, -0.05) is 6.07 Å². The van der Waals surface area contributed by atoms with Crippen molar-refractivity contribution in [2.45, 2.75) is 25.9 Å². The SMILES string of the molecule is CCOc1cccc(N2CCC(C)(O)C2)n1. The van der Waals surface area contributed by atoms with E-state index in [0.29, 0.717) is 19.0 Å². The molecular formula is C12H18N2O2. The van der Waals surface area contributed by atoms with Gasteiger partial charge in [-0.25, -0.2) is 0 Å². The fourth-order valence-electron chi connectivity index (χ4n) is 1.95. The van der Waals surface area contributed by atoms with Crippen LogP contribution in [0, 0.1) is 0 Å². The Morgan fingerprint density at radius 1 is 1.56 bits per heavy atom. The van der Waals surface area contributed by atoms with Crippen LogP contribution in [0.3, 0.4) is 0 Å². The predicted octanol–water partition coefficient (Wildman–Crippen LogP) is 1.44. The number of anilines is 1. The molecule has 1 aliphatic heterocycles. The third kappa shape index (κ3) is 2.44. The monoisotopic (exact) mass is 222 g/mol. The highest BCUT2D eigenvalue weighted by atomic mass is 16.5. The van der Waals surface area contributed by atoms with Crippen molar-refractivity contribution in [2.24, 2.45) is 0 Å². The van der Waals surface area contributed by atoms with Crippen LogP contribution in [-0.4, -0.2) is 35.4 Å². The minimum absolute atomic E-state index is 0.594. The van der Waals surface area contributed by atoms with Crippen LogP contribution in [0.5, 0.6) is 5.88 Å². The Kier molecular flexibility index (Phi) is 3.01. The minimum atomic E-state index is -0.594. The first-order chi connectivity index (χ1) is 7.61. The summed E-state index contributed by atoms with van der Waals surface area (Å²) < 4.78 is 5.36. The first kappa shape index (κ1) is 11.2. The van der Waals surface area contributed by atoms with Crippen LogP contribution in [0.15, 0.2) is 18.2 Å². The van der Waals surface area contributed by atoms with Gasteiger partial charge in [0.05, 0.1) is 12.2 Å². The van der Waals surface area contributed by atoms with E-state index >= 15 is 0 Å². The van der Waals surface area contributed by atoms with E-state index < -0.39 is 5.60 Å². The van der Waals surface area contributed by atoms with Gasteiger partial charge in [0.1, 0.15) is 5.82 Å². The van der Waals surface area contributed by atoms with E-state index in [1.807, 2.05) is 32.0 Å². The summed E-state index contributed by atoms with van der Waals surface area (Å²) in [6, 6.07) is 5.73. The number of hydrogen-bond acceptors (Lipinski definition) is 4. The van der Waals surface area contributed by atoms with E-state index in [2.05, 4.69) is 9.88 Å². The number of aromatic nitrogens is 1. The van der Waals surface area contributed by atoms with Gasteiger partial charge < -0.3 is 14.7 Å². The molecule has 88 valence electrons. The smallest absolute Gasteiger partial charge is 0.215 e. The molecule has 1 aliphatic rings. The fourth-order valence-corrected chi connectivity index (χ4v) is 1.95. The van der Waals surface area contributed by atoms with E-state index in [4.69, 9.17) is 4.74 Å². The molecular weight excluding hydrogens is 204 g/mol. The zero-order valence-electron chi connectivity index (χ0n) is 9.81. The highest BCUT2D eigenvalue weighted by molar-refractivity contribution is 5.42. The Morgan fingerprint density at radius 3 is 3.00 bits per heavy atom. The topological polar surface area (TPSA) is 45.6 Å². The number of nitrogens with zero attached hydrogens (tertiary/aromatic N) is 2. The molecule has 0 saturated carbocycles.